The number of rotatable bonds is 1. The molecule has 1 unspecified atom stereocenters. The topological polar surface area (TPSA) is 44.0 Å². The third kappa shape index (κ3) is 1.19. The summed E-state index contributed by atoms with van der Waals surface area (Å²) >= 11 is 0. The molecule has 0 saturated carbocycles. The Morgan fingerprint density at radius 2 is 2.33 bits per heavy atom. The maximum Gasteiger partial charge on any atom is 0.0988 e. The molecular weight excluding hydrogens is 80.0 g/mol. The van der Waals surface area contributed by atoms with Gasteiger partial charge in [-0.05, 0) is 0 Å². The van der Waals surface area contributed by atoms with Crippen molar-refractivity contribution in [1.82, 2.24) is 0 Å². The van der Waals surface area contributed by atoms with Crippen LogP contribution in [0.3, 0.4) is 0 Å². The van der Waals surface area contributed by atoms with Gasteiger partial charge in [-0.3, -0.25) is 0 Å². The lowest BCUT2D eigenvalue weighted by Crippen LogP contribution is -1.65. The summed E-state index contributed by atoms with van der Waals surface area (Å²) in [7, 11) is 0. The Labute approximate surface area is 36.7 Å². The summed E-state index contributed by atoms with van der Waals surface area (Å²) in [6.07, 6.45) is 2.20. The van der Waals surface area contributed by atoms with Crippen molar-refractivity contribution in [2.45, 2.75) is 6.10 Å². The standard InChI is InChI=1S/C4H6O.H2O/c1-2-4-3-5-4;/h2,4H,1,3H2;1H2. The van der Waals surface area contributed by atoms with Crippen LogP contribution in [-0.2, 0) is 4.74 Å². The normalized spacial score (nSPS) is 27.7. The van der Waals surface area contributed by atoms with Crippen LogP contribution in [0.1, 0.15) is 0 Å². The first-order chi connectivity index (χ1) is 2.43. The maximum atomic E-state index is 4.74. The van der Waals surface area contributed by atoms with Crippen LogP contribution in [0.2, 0.25) is 0 Å². The highest BCUT2D eigenvalue weighted by atomic mass is 16.6. The Morgan fingerprint density at radius 1 is 1.83 bits per heavy atom. The van der Waals surface area contributed by atoms with Crippen LogP contribution in [0.25, 0.3) is 0 Å². The molecule has 1 aliphatic heterocycles. The zero-order valence-electron chi connectivity index (χ0n) is 3.48. The van der Waals surface area contributed by atoms with Gasteiger partial charge >= 0.3 is 0 Å². The average Bonchev–Trinajstić information content (AvgIpc) is 2.12. The summed E-state index contributed by atoms with van der Waals surface area (Å²) in [6, 6.07) is 0. The maximum absolute atomic E-state index is 4.74. The molecule has 2 nitrogen and oxygen atoms in total. The van der Waals surface area contributed by atoms with Crippen molar-refractivity contribution in [2.75, 3.05) is 6.61 Å². The van der Waals surface area contributed by atoms with Gasteiger partial charge < -0.3 is 10.2 Å². The molecule has 1 saturated heterocycles. The summed E-state index contributed by atoms with van der Waals surface area (Å²) in [4.78, 5) is 0. The molecule has 0 amide bonds. The summed E-state index contributed by atoms with van der Waals surface area (Å²) in [6.45, 7) is 4.39. The lowest BCUT2D eigenvalue weighted by Gasteiger charge is -1.59. The second-order valence-electron chi connectivity index (χ2n) is 1.11. The molecule has 0 aromatic carbocycles. The van der Waals surface area contributed by atoms with E-state index in [9.17, 15) is 0 Å². The lowest BCUT2D eigenvalue weighted by atomic mass is 10.5. The van der Waals surface area contributed by atoms with E-state index in [1.165, 1.54) is 0 Å². The molecule has 36 valence electrons. The fraction of sp³-hybridized carbons (Fsp3) is 0.500. The van der Waals surface area contributed by atoms with Crippen LogP contribution in [0, 0.1) is 0 Å². The van der Waals surface area contributed by atoms with E-state index >= 15 is 0 Å². The summed E-state index contributed by atoms with van der Waals surface area (Å²) in [5, 5.41) is 0. The van der Waals surface area contributed by atoms with E-state index in [4.69, 9.17) is 4.74 Å². The molecule has 1 atom stereocenters. The van der Waals surface area contributed by atoms with Crippen LogP contribution in [0.15, 0.2) is 12.7 Å². The molecule has 1 aliphatic rings. The van der Waals surface area contributed by atoms with Gasteiger partial charge in [0, 0.05) is 0 Å². The van der Waals surface area contributed by atoms with Crippen LogP contribution >= 0.6 is 0 Å². The highest BCUT2D eigenvalue weighted by Gasteiger charge is 2.16. The van der Waals surface area contributed by atoms with Crippen molar-refractivity contribution >= 4 is 0 Å². The van der Waals surface area contributed by atoms with E-state index in [-0.39, 0.29) is 5.48 Å². The SMILES string of the molecule is C=CC1CO1.O. The molecule has 0 aliphatic carbocycles. The predicted octanol–water partition coefficient (Wildman–Crippen LogP) is -0.254. The van der Waals surface area contributed by atoms with Crippen molar-refractivity contribution < 1.29 is 10.2 Å². The van der Waals surface area contributed by atoms with E-state index in [1.54, 1.807) is 6.08 Å². The molecule has 0 aromatic rings. The molecule has 0 bridgehead atoms. The molecule has 2 heteroatoms. The molecule has 0 spiro atoms. The van der Waals surface area contributed by atoms with Gasteiger partial charge in [0.25, 0.3) is 0 Å². The molecule has 1 rings (SSSR count). The number of epoxide rings is 1. The van der Waals surface area contributed by atoms with Crippen LogP contribution in [0.4, 0.5) is 0 Å². The van der Waals surface area contributed by atoms with Crippen LogP contribution in [-0.4, -0.2) is 18.2 Å². The van der Waals surface area contributed by atoms with Gasteiger partial charge in [0.2, 0.25) is 0 Å². The number of hydrogen-bond donors (Lipinski definition) is 0. The molecule has 1 fully saturated rings. The third-order valence-electron chi connectivity index (χ3n) is 0.622. The van der Waals surface area contributed by atoms with E-state index in [0.29, 0.717) is 6.10 Å². The van der Waals surface area contributed by atoms with Crippen molar-refractivity contribution in [3.8, 4) is 0 Å². The Bertz CT molecular complexity index is 47.5. The van der Waals surface area contributed by atoms with Gasteiger partial charge in [0.05, 0.1) is 12.7 Å². The lowest BCUT2D eigenvalue weighted by molar-refractivity contribution is 0.440. The largest absolute Gasteiger partial charge is 0.412 e. The third-order valence-corrected chi connectivity index (χ3v) is 0.622. The Kier molecular flexibility index (Phi) is 1.84. The monoisotopic (exact) mass is 88.1 g/mol. The Hall–Kier alpha value is -0.340. The Balaban J connectivity index is 0.000000250. The van der Waals surface area contributed by atoms with Gasteiger partial charge in [-0.15, -0.1) is 6.58 Å². The summed E-state index contributed by atoms with van der Waals surface area (Å²) in [5.41, 5.74) is 0. The van der Waals surface area contributed by atoms with E-state index in [1.807, 2.05) is 0 Å². The Morgan fingerprint density at radius 3 is 2.33 bits per heavy atom. The molecule has 0 radical (unpaired) electrons. The van der Waals surface area contributed by atoms with E-state index in [0.717, 1.165) is 6.61 Å². The molecule has 1 heterocycles. The van der Waals surface area contributed by atoms with Gasteiger partial charge in [0.1, 0.15) is 0 Å². The van der Waals surface area contributed by atoms with E-state index in [2.05, 4.69) is 6.58 Å². The minimum atomic E-state index is 0. The summed E-state index contributed by atoms with van der Waals surface area (Å²) < 4.78 is 4.74. The highest BCUT2D eigenvalue weighted by molar-refractivity contribution is 4.87. The van der Waals surface area contributed by atoms with E-state index < -0.39 is 0 Å². The fourth-order valence-corrected chi connectivity index (χ4v) is 0.192. The second kappa shape index (κ2) is 1.95. The van der Waals surface area contributed by atoms with Crippen molar-refractivity contribution in [2.24, 2.45) is 0 Å². The molecule has 6 heavy (non-hydrogen) atoms. The summed E-state index contributed by atoms with van der Waals surface area (Å²) in [5.74, 6) is 0. The van der Waals surface area contributed by atoms with Crippen LogP contribution < -0.4 is 0 Å². The molecule has 2 N–H and O–H groups in total. The zero-order valence-corrected chi connectivity index (χ0v) is 3.48. The minimum absolute atomic E-state index is 0. The first kappa shape index (κ1) is 5.66. The van der Waals surface area contributed by atoms with Crippen molar-refractivity contribution in [3.05, 3.63) is 12.7 Å². The van der Waals surface area contributed by atoms with Gasteiger partial charge in [-0.1, -0.05) is 6.08 Å². The number of hydrogen-bond acceptors (Lipinski definition) is 1. The zero-order chi connectivity index (χ0) is 3.70. The predicted molar refractivity (Wildman–Crippen MR) is 23.6 cm³/mol. The average molecular weight is 88.1 g/mol. The van der Waals surface area contributed by atoms with Gasteiger partial charge in [0.15, 0.2) is 0 Å². The smallest absolute Gasteiger partial charge is 0.0988 e. The van der Waals surface area contributed by atoms with Crippen molar-refractivity contribution in [1.29, 1.82) is 0 Å². The molecule has 0 aromatic heterocycles. The number of ether oxygens (including phenoxy) is 1. The van der Waals surface area contributed by atoms with Crippen molar-refractivity contribution in [3.63, 3.8) is 0 Å². The van der Waals surface area contributed by atoms with Gasteiger partial charge in [-0.2, -0.15) is 0 Å². The van der Waals surface area contributed by atoms with Crippen LogP contribution in [0.5, 0.6) is 0 Å². The highest BCUT2D eigenvalue weighted by Crippen LogP contribution is 2.07. The quantitative estimate of drug-likeness (QED) is 0.322. The first-order valence-electron chi connectivity index (χ1n) is 1.67. The molecular formula is C4H8O2. The minimum Gasteiger partial charge on any atom is -0.412 e. The first-order valence-corrected chi connectivity index (χ1v) is 1.67. The second-order valence-corrected chi connectivity index (χ2v) is 1.11. The fourth-order valence-electron chi connectivity index (χ4n) is 0.192. The van der Waals surface area contributed by atoms with Gasteiger partial charge in [-0.25, -0.2) is 0 Å².